The summed E-state index contributed by atoms with van der Waals surface area (Å²) >= 11 is 0. The number of primary amides is 1. The van der Waals surface area contributed by atoms with Crippen molar-refractivity contribution in [3.63, 3.8) is 0 Å². The molecule has 0 aliphatic carbocycles. The standard InChI is InChI=1S/C24H23NO4/c1-28-23-11-10-18(15-22(23)26)14-21(24(25)27)19-8-5-9-20(16-19)29-13-12-17-6-3-2-4-7-17/h2-11,14-16,26H,12-13H2,1H3,(H2,25,27)/b21-14+. The molecule has 0 atom stereocenters. The molecule has 5 heteroatoms. The van der Waals surface area contributed by atoms with Gasteiger partial charge >= 0.3 is 0 Å². The number of rotatable bonds is 8. The van der Waals surface area contributed by atoms with Crippen LogP contribution in [-0.4, -0.2) is 24.7 Å². The fraction of sp³-hybridized carbons (Fsp3) is 0.125. The van der Waals surface area contributed by atoms with Gasteiger partial charge in [-0.05, 0) is 47.0 Å². The number of aromatic hydroxyl groups is 1. The highest BCUT2D eigenvalue weighted by atomic mass is 16.5. The predicted octanol–water partition coefficient (Wildman–Crippen LogP) is 4.05. The first-order valence-electron chi connectivity index (χ1n) is 9.22. The number of amides is 1. The average molecular weight is 389 g/mol. The number of hydrogen-bond acceptors (Lipinski definition) is 4. The first-order chi connectivity index (χ1) is 14.1. The van der Waals surface area contributed by atoms with Gasteiger partial charge in [-0.3, -0.25) is 4.79 Å². The van der Waals surface area contributed by atoms with E-state index in [2.05, 4.69) is 12.1 Å². The first kappa shape index (κ1) is 20.0. The Bertz CT molecular complexity index is 1010. The molecule has 0 fully saturated rings. The molecule has 3 aromatic rings. The summed E-state index contributed by atoms with van der Waals surface area (Å²) in [6.45, 7) is 0.523. The maximum Gasteiger partial charge on any atom is 0.249 e. The summed E-state index contributed by atoms with van der Waals surface area (Å²) in [7, 11) is 1.47. The second kappa shape index (κ2) is 9.46. The van der Waals surface area contributed by atoms with E-state index in [4.69, 9.17) is 15.2 Å². The zero-order valence-electron chi connectivity index (χ0n) is 16.2. The van der Waals surface area contributed by atoms with Crippen LogP contribution in [0.4, 0.5) is 0 Å². The van der Waals surface area contributed by atoms with Crippen molar-refractivity contribution >= 4 is 17.6 Å². The zero-order chi connectivity index (χ0) is 20.6. The minimum atomic E-state index is -0.568. The van der Waals surface area contributed by atoms with Crippen molar-refractivity contribution < 1.29 is 19.4 Å². The number of carbonyl (C=O) groups excluding carboxylic acids is 1. The van der Waals surface area contributed by atoms with Crippen LogP contribution in [0.2, 0.25) is 0 Å². The van der Waals surface area contributed by atoms with Crippen LogP contribution in [0.3, 0.4) is 0 Å². The Labute approximate surface area is 170 Å². The summed E-state index contributed by atoms with van der Waals surface area (Å²) < 4.78 is 10.9. The van der Waals surface area contributed by atoms with E-state index < -0.39 is 5.91 Å². The topological polar surface area (TPSA) is 81.8 Å². The van der Waals surface area contributed by atoms with Crippen molar-refractivity contribution in [3.05, 3.63) is 89.5 Å². The third-order valence-electron chi connectivity index (χ3n) is 4.43. The Kier molecular flexibility index (Phi) is 6.53. The molecular formula is C24H23NO4. The van der Waals surface area contributed by atoms with Crippen LogP contribution >= 0.6 is 0 Å². The molecule has 0 aliphatic rings. The van der Waals surface area contributed by atoms with Crippen LogP contribution in [0.1, 0.15) is 16.7 Å². The van der Waals surface area contributed by atoms with E-state index in [9.17, 15) is 9.90 Å². The van der Waals surface area contributed by atoms with E-state index in [0.29, 0.717) is 34.8 Å². The van der Waals surface area contributed by atoms with Gasteiger partial charge in [0.05, 0.1) is 13.7 Å². The molecule has 0 unspecified atom stereocenters. The normalized spacial score (nSPS) is 11.1. The lowest BCUT2D eigenvalue weighted by Gasteiger charge is -2.10. The molecule has 3 rings (SSSR count). The van der Waals surface area contributed by atoms with Crippen molar-refractivity contribution in [2.75, 3.05) is 13.7 Å². The Morgan fingerprint density at radius 3 is 2.52 bits per heavy atom. The molecule has 0 spiro atoms. The molecule has 1 amide bonds. The molecule has 0 bridgehead atoms. The van der Waals surface area contributed by atoms with Gasteiger partial charge in [0.15, 0.2) is 11.5 Å². The van der Waals surface area contributed by atoms with Crippen LogP contribution in [0, 0.1) is 0 Å². The van der Waals surface area contributed by atoms with Gasteiger partial charge in [-0.15, -0.1) is 0 Å². The van der Waals surface area contributed by atoms with Gasteiger partial charge in [0.2, 0.25) is 5.91 Å². The van der Waals surface area contributed by atoms with Crippen molar-refractivity contribution in [2.24, 2.45) is 5.73 Å². The lowest BCUT2D eigenvalue weighted by atomic mass is 10.0. The highest BCUT2D eigenvalue weighted by molar-refractivity contribution is 6.23. The minimum Gasteiger partial charge on any atom is -0.504 e. The average Bonchev–Trinajstić information content (AvgIpc) is 2.73. The second-order valence-corrected chi connectivity index (χ2v) is 6.47. The molecule has 5 nitrogen and oxygen atoms in total. The Hall–Kier alpha value is -3.73. The monoisotopic (exact) mass is 389 g/mol. The molecule has 0 saturated heterocycles. The number of nitrogens with two attached hydrogens (primary N) is 1. The summed E-state index contributed by atoms with van der Waals surface area (Å²) in [5.74, 6) is 0.435. The third kappa shape index (κ3) is 5.39. The lowest BCUT2D eigenvalue weighted by Crippen LogP contribution is -2.13. The maximum absolute atomic E-state index is 12.0. The van der Waals surface area contributed by atoms with Crippen molar-refractivity contribution in [3.8, 4) is 17.2 Å². The van der Waals surface area contributed by atoms with E-state index in [0.717, 1.165) is 6.42 Å². The quantitative estimate of drug-likeness (QED) is 0.450. The summed E-state index contributed by atoms with van der Waals surface area (Å²) in [4.78, 5) is 12.0. The van der Waals surface area contributed by atoms with Crippen LogP contribution < -0.4 is 15.2 Å². The molecule has 148 valence electrons. The third-order valence-corrected chi connectivity index (χ3v) is 4.43. The number of carbonyl (C=O) groups is 1. The Morgan fingerprint density at radius 1 is 1.03 bits per heavy atom. The lowest BCUT2D eigenvalue weighted by molar-refractivity contribution is -0.112. The molecular weight excluding hydrogens is 366 g/mol. The number of ether oxygens (including phenoxy) is 2. The van der Waals surface area contributed by atoms with E-state index >= 15 is 0 Å². The second-order valence-electron chi connectivity index (χ2n) is 6.47. The fourth-order valence-electron chi connectivity index (χ4n) is 2.95. The Morgan fingerprint density at radius 2 is 1.83 bits per heavy atom. The molecule has 3 aromatic carbocycles. The largest absolute Gasteiger partial charge is 0.504 e. The van der Waals surface area contributed by atoms with Gasteiger partial charge in [-0.1, -0.05) is 48.5 Å². The highest BCUT2D eigenvalue weighted by Crippen LogP contribution is 2.29. The minimum absolute atomic E-state index is 0.0110. The van der Waals surface area contributed by atoms with Crippen LogP contribution in [-0.2, 0) is 11.2 Å². The van der Waals surface area contributed by atoms with Crippen LogP contribution in [0.25, 0.3) is 11.6 Å². The Balaban J connectivity index is 1.78. The smallest absolute Gasteiger partial charge is 0.249 e. The molecule has 0 radical (unpaired) electrons. The molecule has 0 aliphatic heterocycles. The van der Waals surface area contributed by atoms with Gasteiger partial charge in [0.1, 0.15) is 5.75 Å². The molecule has 3 N–H and O–H groups in total. The van der Waals surface area contributed by atoms with Gasteiger partial charge in [0.25, 0.3) is 0 Å². The predicted molar refractivity (Wildman–Crippen MR) is 114 cm³/mol. The van der Waals surface area contributed by atoms with Gasteiger partial charge in [0, 0.05) is 12.0 Å². The number of methoxy groups -OCH3 is 1. The molecule has 0 saturated carbocycles. The number of phenolic OH excluding ortho intramolecular Hbond substituents is 1. The molecule has 29 heavy (non-hydrogen) atoms. The van der Waals surface area contributed by atoms with E-state index in [1.807, 2.05) is 30.3 Å². The summed E-state index contributed by atoms with van der Waals surface area (Å²) in [6.07, 6.45) is 2.42. The van der Waals surface area contributed by atoms with E-state index in [1.165, 1.54) is 18.7 Å². The SMILES string of the molecule is COc1ccc(/C=C(/C(N)=O)c2cccc(OCCc3ccccc3)c2)cc1O. The van der Waals surface area contributed by atoms with Crippen molar-refractivity contribution in [1.29, 1.82) is 0 Å². The summed E-state index contributed by atoms with van der Waals surface area (Å²) in [5.41, 5.74) is 8.39. The number of benzene rings is 3. The fourth-order valence-corrected chi connectivity index (χ4v) is 2.95. The zero-order valence-corrected chi connectivity index (χ0v) is 16.2. The number of hydrogen-bond donors (Lipinski definition) is 2. The number of phenols is 1. The van der Waals surface area contributed by atoms with Crippen LogP contribution in [0.15, 0.2) is 72.8 Å². The summed E-state index contributed by atoms with van der Waals surface area (Å²) in [6, 6.07) is 22.2. The van der Waals surface area contributed by atoms with E-state index in [1.54, 1.807) is 30.3 Å². The first-order valence-corrected chi connectivity index (χ1v) is 9.22. The van der Waals surface area contributed by atoms with Crippen molar-refractivity contribution in [2.45, 2.75) is 6.42 Å². The van der Waals surface area contributed by atoms with Gasteiger partial charge in [-0.25, -0.2) is 0 Å². The summed E-state index contributed by atoms with van der Waals surface area (Å²) in [5, 5.41) is 9.96. The highest BCUT2D eigenvalue weighted by Gasteiger charge is 2.11. The van der Waals surface area contributed by atoms with E-state index in [-0.39, 0.29) is 5.75 Å². The van der Waals surface area contributed by atoms with Crippen molar-refractivity contribution in [1.82, 2.24) is 0 Å². The molecule has 0 heterocycles. The van der Waals surface area contributed by atoms with Gasteiger partial charge < -0.3 is 20.3 Å². The van der Waals surface area contributed by atoms with Crippen LogP contribution in [0.5, 0.6) is 17.2 Å². The maximum atomic E-state index is 12.0. The van der Waals surface area contributed by atoms with Gasteiger partial charge in [-0.2, -0.15) is 0 Å². The molecule has 0 aromatic heterocycles.